The van der Waals surface area contributed by atoms with E-state index in [0.717, 1.165) is 18.4 Å². The van der Waals surface area contributed by atoms with Crippen LogP contribution in [-0.2, 0) is 16.0 Å². The van der Waals surface area contributed by atoms with E-state index in [1.165, 1.54) is 24.5 Å². The van der Waals surface area contributed by atoms with Crippen LogP contribution in [0.15, 0.2) is 52.1 Å². The number of sulfone groups is 1. The molecule has 0 radical (unpaired) electrons. The van der Waals surface area contributed by atoms with Gasteiger partial charge in [-0.2, -0.15) is 13.2 Å². The average Bonchev–Trinajstić information content (AvgIpc) is 2.99. The Bertz CT molecular complexity index is 1060. The second-order valence-corrected chi connectivity index (χ2v) is 7.38. The molecule has 1 aromatic carbocycles. The van der Waals surface area contributed by atoms with Gasteiger partial charge in [0.1, 0.15) is 16.4 Å². The molecule has 0 aliphatic rings. The van der Waals surface area contributed by atoms with E-state index in [-0.39, 0.29) is 16.8 Å². The largest absolute Gasteiger partial charge is 0.453 e. The Hall–Kier alpha value is -2.75. The third-order valence-electron chi connectivity index (χ3n) is 3.50. The number of benzene rings is 1. The molecule has 0 amide bonds. The van der Waals surface area contributed by atoms with E-state index in [0.29, 0.717) is 6.07 Å². The second-order valence-electron chi connectivity index (χ2n) is 5.39. The molecule has 0 N–H and O–H groups in total. The molecule has 3 aromatic rings. The van der Waals surface area contributed by atoms with Crippen molar-refractivity contribution in [1.82, 2.24) is 10.1 Å². The Balaban J connectivity index is 2.27. The van der Waals surface area contributed by atoms with Crippen LogP contribution in [0.2, 0.25) is 0 Å². The summed E-state index contributed by atoms with van der Waals surface area (Å²) >= 11 is 0. The van der Waals surface area contributed by atoms with E-state index in [1.807, 2.05) is 0 Å². The number of halogens is 4. The number of rotatable bonds is 3. The molecule has 26 heavy (non-hydrogen) atoms. The molecule has 136 valence electrons. The predicted octanol–water partition coefficient (Wildman–Crippen LogP) is 3.97. The molecule has 3 rings (SSSR count). The molecule has 0 bridgehead atoms. The fourth-order valence-corrected chi connectivity index (χ4v) is 3.14. The highest BCUT2D eigenvalue weighted by Crippen LogP contribution is 2.42. The van der Waals surface area contributed by atoms with Gasteiger partial charge in [0.15, 0.2) is 9.84 Å². The van der Waals surface area contributed by atoms with Gasteiger partial charge in [-0.3, -0.25) is 4.98 Å². The standard InChI is InChI=1S/C16H10F4N2O3S/c1-26(23,24)12-5-4-9(7-11(12)17)13-14(10-3-2-6-21-8-10)22-25-15(13)16(18,19)20/h2-8H,1H3. The molecule has 0 spiro atoms. The molecule has 5 nitrogen and oxygen atoms in total. The number of alkyl halides is 3. The molecule has 0 aliphatic carbocycles. The SMILES string of the molecule is CS(=O)(=O)c1ccc(-c2c(-c3cccnc3)noc2C(F)(F)F)cc1F. The summed E-state index contributed by atoms with van der Waals surface area (Å²) in [5, 5.41) is 3.45. The summed E-state index contributed by atoms with van der Waals surface area (Å²) in [4.78, 5) is 3.20. The maximum absolute atomic E-state index is 14.2. The minimum atomic E-state index is -4.88. The normalized spacial score (nSPS) is 12.3. The Labute approximate surface area is 145 Å². The molecule has 0 fully saturated rings. The van der Waals surface area contributed by atoms with E-state index in [2.05, 4.69) is 14.7 Å². The fraction of sp³-hybridized carbons (Fsp3) is 0.125. The van der Waals surface area contributed by atoms with Crippen LogP contribution in [0.5, 0.6) is 0 Å². The fourth-order valence-electron chi connectivity index (χ4n) is 2.41. The van der Waals surface area contributed by atoms with E-state index >= 15 is 0 Å². The first-order valence-electron chi connectivity index (χ1n) is 7.06. The molecular formula is C16H10F4N2O3S. The lowest BCUT2D eigenvalue weighted by atomic mass is 9.99. The van der Waals surface area contributed by atoms with Gasteiger partial charge in [0.2, 0.25) is 5.76 Å². The molecular weight excluding hydrogens is 376 g/mol. The Morgan fingerprint density at radius 3 is 2.38 bits per heavy atom. The minimum absolute atomic E-state index is 0.183. The van der Waals surface area contributed by atoms with E-state index < -0.39 is 38.0 Å². The number of nitrogens with zero attached hydrogens (tertiary/aromatic N) is 2. The quantitative estimate of drug-likeness (QED) is 0.637. The third kappa shape index (κ3) is 3.32. The van der Waals surface area contributed by atoms with Crippen LogP contribution in [0.1, 0.15) is 5.76 Å². The van der Waals surface area contributed by atoms with Crippen LogP contribution in [0.25, 0.3) is 22.4 Å². The van der Waals surface area contributed by atoms with Crippen molar-refractivity contribution in [3.63, 3.8) is 0 Å². The highest BCUT2D eigenvalue weighted by atomic mass is 32.2. The first-order chi connectivity index (χ1) is 12.1. The molecule has 0 saturated carbocycles. The molecule has 0 saturated heterocycles. The zero-order valence-corrected chi connectivity index (χ0v) is 13.9. The summed E-state index contributed by atoms with van der Waals surface area (Å²) in [6, 6.07) is 5.64. The summed E-state index contributed by atoms with van der Waals surface area (Å²) < 4.78 is 81.5. The Kier molecular flexibility index (Phi) is 4.31. The third-order valence-corrected chi connectivity index (χ3v) is 4.63. The van der Waals surface area contributed by atoms with Gasteiger partial charge in [0, 0.05) is 24.2 Å². The van der Waals surface area contributed by atoms with Crippen LogP contribution in [-0.4, -0.2) is 24.8 Å². The molecule has 10 heteroatoms. The highest BCUT2D eigenvalue weighted by molar-refractivity contribution is 7.90. The summed E-state index contributed by atoms with van der Waals surface area (Å²) in [5.41, 5.74) is -0.668. The monoisotopic (exact) mass is 386 g/mol. The maximum atomic E-state index is 14.2. The molecule has 2 aromatic heterocycles. The molecule has 0 atom stereocenters. The lowest BCUT2D eigenvalue weighted by Crippen LogP contribution is -2.06. The maximum Gasteiger partial charge on any atom is 0.453 e. The second kappa shape index (κ2) is 6.20. The zero-order valence-electron chi connectivity index (χ0n) is 13.1. The van der Waals surface area contributed by atoms with Gasteiger partial charge in [-0.05, 0) is 29.8 Å². The first kappa shape index (κ1) is 18.1. The lowest BCUT2D eigenvalue weighted by molar-refractivity contribution is -0.154. The van der Waals surface area contributed by atoms with Gasteiger partial charge in [-0.25, -0.2) is 12.8 Å². The van der Waals surface area contributed by atoms with Crippen molar-refractivity contribution in [2.75, 3.05) is 6.26 Å². The minimum Gasteiger partial charge on any atom is -0.350 e. The van der Waals surface area contributed by atoms with Gasteiger partial charge in [-0.15, -0.1) is 0 Å². The summed E-state index contributed by atoms with van der Waals surface area (Å²) in [6.07, 6.45) is -1.38. The van der Waals surface area contributed by atoms with Gasteiger partial charge in [0.05, 0.1) is 5.56 Å². The number of hydrogen-bond donors (Lipinski definition) is 0. The summed E-state index contributed by atoms with van der Waals surface area (Å²) in [6.45, 7) is 0. The van der Waals surface area contributed by atoms with Crippen molar-refractivity contribution < 1.29 is 30.5 Å². The van der Waals surface area contributed by atoms with Crippen molar-refractivity contribution in [3.8, 4) is 22.4 Å². The lowest BCUT2D eigenvalue weighted by Gasteiger charge is -2.09. The Morgan fingerprint density at radius 1 is 1.12 bits per heavy atom. The average molecular weight is 386 g/mol. The smallest absolute Gasteiger partial charge is 0.350 e. The van der Waals surface area contributed by atoms with Crippen molar-refractivity contribution in [2.24, 2.45) is 0 Å². The summed E-state index contributed by atoms with van der Waals surface area (Å²) in [7, 11) is -3.87. The molecule has 0 unspecified atom stereocenters. The number of aromatic nitrogens is 2. The van der Waals surface area contributed by atoms with E-state index in [4.69, 9.17) is 0 Å². The van der Waals surface area contributed by atoms with Crippen molar-refractivity contribution >= 4 is 9.84 Å². The zero-order chi connectivity index (χ0) is 19.1. The topological polar surface area (TPSA) is 73.1 Å². The van der Waals surface area contributed by atoms with Crippen molar-refractivity contribution in [2.45, 2.75) is 11.1 Å². The highest BCUT2D eigenvalue weighted by Gasteiger charge is 2.41. The van der Waals surface area contributed by atoms with E-state index in [1.54, 1.807) is 0 Å². The predicted molar refractivity (Wildman–Crippen MR) is 83.2 cm³/mol. The number of pyridine rings is 1. The van der Waals surface area contributed by atoms with Crippen LogP contribution >= 0.6 is 0 Å². The van der Waals surface area contributed by atoms with Gasteiger partial charge in [-0.1, -0.05) is 11.2 Å². The van der Waals surface area contributed by atoms with Crippen molar-refractivity contribution in [1.29, 1.82) is 0 Å². The molecule has 2 heterocycles. The van der Waals surface area contributed by atoms with Gasteiger partial charge in [0.25, 0.3) is 0 Å². The number of hydrogen-bond acceptors (Lipinski definition) is 5. The first-order valence-corrected chi connectivity index (χ1v) is 8.95. The van der Waals surface area contributed by atoms with Gasteiger partial charge >= 0.3 is 6.18 Å². The van der Waals surface area contributed by atoms with Gasteiger partial charge < -0.3 is 4.52 Å². The van der Waals surface area contributed by atoms with Crippen LogP contribution in [0.3, 0.4) is 0 Å². The van der Waals surface area contributed by atoms with Crippen molar-refractivity contribution in [3.05, 3.63) is 54.3 Å². The van der Waals surface area contributed by atoms with Crippen LogP contribution in [0, 0.1) is 5.82 Å². The Morgan fingerprint density at radius 2 is 1.85 bits per heavy atom. The van der Waals surface area contributed by atoms with Crippen LogP contribution in [0.4, 0.5) is 17.6 Å². The molecule has 0 aliphatic heterocycles. The summed E-state index contributed by atoms with van der Waals surface area (Å²) in [5.74, 6) is -2.58. The van der Waals surface area contributed by atoms with Crippen LogP contribution < -0.4 is 0 Å². The van der Waals surface area contributed by atoms with E-state index in [9.17, 15) is 26.0 Å².